The molecule has 176 valence electrons. The molecule has 2 atom stereocenters. The quantitative estimate of drug-likeness (QED) is 0.691. The standard InChI is InChI=1S/C23H28N4O5S/c1-4-18-23(29)25-17-10-15(3)20(11-19(17)32-18)33(30,31)27-9-5-6-16(13-27)22(28)26-21-8-7-14(2)12-24-21/h7-8,10-12,16,18H,4-6,9,13H2,1-3H3,(H,25,29)(H,24,26,28)/t16-,18+/m1/s1. The summed E-state index contributed by atoms with van der Waals surface area (Å²) in [5.41, 5.74) is 1.95. The van der Waals surface area contributed by atoms with Crippen LogP contribution in [0.2, 0.25) is 0 Å². The number of sulfonamides is 1. The van der Waals surface area contributed by atoms with Crippen molar-refractivity contribution in [3.8, 4) is 5.75 Å². The number of hydrogen-bond acceptors (Lipinski definition) is 6. The van der Waals surface area contributed by atoms with Crippen LogP contribution in [0, 0.1) is 19.8 Å². The molecular formula is C23H28N4O5S. The first-order valence-corrected chi connectivity index (χ1v) is 12.5. The van der Waals surface area contributed by atoms with Crippen molar-refractivity contribution in [2.75, 3.05) is 23.7 Å². The fourth-order valence-electron chi connectivity index (χ4n) is 4.12. The Morgan fingerprint density at radius 2 is 2.09 bits per heavy atom. The van der Waals surface area contributed by atoms with E-state index in [1.165, 1.54) is 10.4 Å². The molecule has 0 aliphatic carbocycles. The van der Waals surface area contributed by atoms with Crippen LogP contribution in [0.25, 0.3) is 0 Å². The predicted molar refractivity (Wildman–Crippen MR) is 124 cm³/mol. The van der Waals surface area contributed by atoms with E-state index in [2.05, 4.69) is 15.6 Å². The Morgan fingerprint density at radius 1 is 1.30 bits per heavy atom. The van der Waals surface area contributed by atoms with Gasteiger partial charge >= 0.3 is 0 Å². The SMILES string of the molecule is CC[C@@H]1Oc2cc(S(=O)(=O)N3CCC[C@@H](C(=O)Nc4ccc(C)cn4)C3)c(C)cc2NC1=O. The van der Waals surface area contributed by atoms with Crippen LogP contribution in [0.3, 0.4) is 0 Å². The van der Waals surface area contributed by atoms with E-state index in [0.29, 0.717) is 48.6 Å². The Morgan fingerprint density at radius 3 is 2.79 bits per heavy atom. The van der Waals surface area contributed by atoms with Gasteiger partial charge in [0, 0.05) is 25.4 Å². The van der Waals surface area contributed by atoms with Gasteiger partial charge in [-0.1, -0.05) is 13.0 Å². The van der Waals surface area contributed by atoms with Crippen molar-refractivity contribution in [2.45, 2.75) is 51.0 Å². The Bertz CT molecular complexity index is 1180. The number of rotatable bonds is 5. The lowest BCUT2D eigenvalue weighted by atomic mass is 9.99. The van der Waals surface area contributed by atoms with Gasteiger partial charge in [0.25, 0.3) is 5.91 Å². The second kappa shape index (κ2) is 9.11. The van der Waals surface area contributed by atoms with Gasteiger partial charge in [0.1, 0.15) is 11.6 Å². The van der Waals surface area contributed by atoms with Crippen molar-refractivity contribution in [1.29, 1.82) is 0 Å². The van der Waals surface area contributed by atoms with Gasteiger partial charge in [-0.3, -0.25) is 9.59 Å². The summed E-state index contributed by atoms with van der Waals surface area (Å²) in [5, 5.41) is 5.56. The van der Waals surface area contributed by atoms with Crippen LogP contribution in [-0.4, -0.2) is 48.7 Å². The summed E-state index contributed by atoms with van der Waals surface area (Å²) in [6.45, 7) is 5.84. The van der Waals surface area contributed by atoms with Gasteiger partial charge in [-0.05, 0) is 56.4 Å². The monoisotopic (exact) mass is 472 g/mol. The number of benzene rings is 1. The fourth-order valence-corrected chi connectivity index (χ4v) is 5.86. The summed E-state index contributed by atoms with van der Waals surface area (Å²) in [7, 11) is -3.86. The van der Waals surface area contributed by atoms with E-state index < -0.39 is 22.0 Å². The summed E-state index contributed by atoms with van der Waals surface area (Å²) in [6, 6.07) is 6.67. The van der Waals surface area contributed by atoms with Crippen molar-refractivity contribution in [2.24, 2.45) is 5.92 Å². The summed E-state index contributed by atoms with van der Waals surface area (Å²) in [5.74, 6) is -0.184. The van der Waals surface area contributed by atoms with Crippen LogP contribution in [0.1, 0.15) is 37.3 Å². The second-order valence-corrected chi connectivity index (χ2v) is 10.4. The molecule has 0 bridgehead atoms. The third kappa shape index (κ3) is 4.72. The summed E-state index contributed by atoms with van der Waals surface area (Å²) >= 11 is 0. The molecule has 2 aromatic rings. The molecule has 4 rings (SSSR count). The first-order chi connectivity index (χ1) is 15.7. The zero-order valence-corrected chi connectivity index (χ0v) is 19.7. The molecule has 1 aromatic heterocycles. The van der Waals surface area contributed by atoms with Gasteiger partial charge in [-0.15, -0.1) is 0 Å². The molecule has 1 aromatic carbocycles. The Balaban J connectivity index is 1.54. The highest BCUT2D eigenvalue weighted by Gasteiger charge is 2.36. The van der Waals surface area contributed by atoms with Crippen LogP contribution in [0.5, 0.6) is 5.75 Å². The molecule has 0 radical (unpaired) electrons. The number of pyridine rings is 1. The second-order valence-electron chi connectivity index (χ2n) is 8.53. The number of fused-ring (bicyclic) bond motifs is 1. The molecule has 2 amide bonds. The maximum atomic E-state index is 13.5. The molecule has 3 heterocycles. The summed E-state index contributed by atoms with van der Waals surface area (Å²) < 4.78 is 34.1. The zero-order chi connectivity index (χ0) is 23.8. The van der Waals surface area contributed by atoms with Gasteiger partial charge in [0.2, 0.25) is 15.9 Å². The molecule has 0 unspecified atom stereocenters. The van der Waals surface area contributed by atoms with E-state index in [1.807, 2.05) is 19.9 Å². The number of hydrogen-bond donors (Lipinski definition) is 2. The smallest absolute Gasteiger partial charge is 0.265 e. The molecule has 33 heavy (non-hydrogen) atoms. The molecule has 2 aliphatic heterocycles. The number of anilines is 2. The molecule has 0 saturated carbocycles. The number of ether oxygens (including phenoxy) is 1. The maximum Gasteiger partial charge on any atom is 0.265 e. The summed E-state index contributed by atoms with van der Waals surface area (Å²) in [4.78, 5) is 29.2. The third-order valence-electron chi connectivity index (χ3n) is 6.00. The predicted octanol–water partition coefficient (Wildman–Crippen LogP) is 2.85. The van der Waals surface area contributed by atoms with E-state index in [9.17, 15) is 18.0 Å². The first-order valence-electron chi connectivity index (χ1n) is 11.0. The lowest BCUT2D eigenvalue weighted by Crippen LogP contribution is -2.44. The van der Waals surface area contributed by atoms with Crippen LogP contribution < -0.4 is 15.4 Å². The van der Waals surface area contributed by atoms with Gasteiger partial charge in [-0.2, -0.15) is 4.31 Å². The number of aromatic nitrogens is 1. The van der Waals surface area contributed by atoms with E-state index in [-0.39, 0.29) is 23.3 Å². The number of nitrogens with one attached hydrogen (secondary N) is 2. The normalized spacial score (nSPS) is 21.0. The van der Waals surface area contributed by atoms with Crippen molar-refractivity contribution in [3.05, 3.63) is 41.6 Å². The number of carbonyl (C=O) groups excluding carboxylic acids is 2. The van der Waals surface area contributed by atoms with Crippen molar-refractivity contribution < 1.29 is 22.7 Å². The van der Waals surface area contributed by atoms with Crippen LogP contribution in [0.4, 0.5) is 11.5 Å². The molecule has 0 spiro atoms. The van der Waals surface area contributed by atoms with Crippen molar-refractivity contribution >= 4 is 33.3 Å². The lowest BCUT2D eigenvalue weighted by molar-refractivity contribution is -0.123. The average molecular weight is 473 g/mol. The fraction of sp³-hybridized carbons (Fsp3) is 0.435. The minimum absolute atomic E-state index is 0.0890. The number of aryl methyl sites for hydroxylation is 2. The Labute approximate surface area is 193 Å². The van der Waals surface area contributed by atoms with E-state index in [1.54, 1.807) is 25.3 Å². The van der Waals surface area contributed by atoms with Gasteiger partial charge in [0.15, 0.2) is 6.10 Å². The van der Waals surface area contributed by atoms with Crippen LogP contribution in [-0.2, 0) is 19.6 Å². The number of carbonyl (C=O) groups is 2. The van der Waals surface area contributed by atoms with Crippen LogP contribution >= 0.6 is 0 Å². The third-order valence-corrected chi connectivity index (χ3v) is 8.01. The Hall–Kier alpha value is -2.98. The maximum absolute atomic E-state index is 13.5. The molecule has 1 saturated heterocycles. The average Bonchev–Trinajstić information content (AvgIpc) is 2.79. The van der Waals surface area contributed by atoms with Crippen LogP contribution in [0.15, 0.2) is 35.4 Å². The lowest BCUT2D eigenvalue weighted by Gasteiger charge is -2.32. The Kier molecular flexibility index (Phi) is 6.40. The zero-order valence-electron chi connectivity index (χ0n) is 18.9. The highest BCUT2D eigenvalue weighted by atomic mass is 32.2. The summed E-state index contributed by atoms with van der Waals surface area (Å²) in [6.07, 6.45) is 2.65. The van der Waals surface area contributed by atoms with E-state index >= 15 is 0 Å². The number of amides is 2. The van der Waals surface area contributed by atoms with E-state index in [4.69, 9.17) is 4.74 Å². The molecule has 9 nitrogen and oxygen atoms in total. The molecule has 1 fully saturated rings. The van der Waals surface area contributed by atoms with Crippen molar-refractivity contribution in [3.63, 3.8) is 0 Å². The highest BCUT2D eigenvalue weighted by molar-refractivity contribution is 7.89. The first kappa shape index (κ1) is 23.2. The molecule has 2 aliphatic rings. The highest BCUT2D eigenvalue weighted by Crippen LogP contribution is 2.36. The minimum atomic E-state index is -3.86. The van der Waals surface area contributed by atoms with Crippen molar-refractivity contribution in [1.82, 2.24) is 9.29 Å². The van der Waals surface area contributed by atoms with Gasteiger partial charge < -0.3 is 15.4 Å². The van der Waals surface area contributed by atoms with Gasteiger partial charge in [0.05, 0.1) is 16.5 Å². The van der Waals surface area contributed by atoms with Gasteiger partial charge in [-0.25, -0.2) is 13.4 Å². The number of piperidine rings is 1. The molecule has 2 N–H and O–H groups in total. The molecule has 10 heteroatoms. The van der Waals surface area contributed by atoms with E-state index in [0.717, 1.165) is 5.56 Å². The largest absolute Gasteiger partial charge is 0.478 e. The number of nitrogens with zero attached hydrogens (tertiary/aromatic N) is 2. The topological polar surface area (TPSA) is 118 Å². The minimum Gasteiger partial charge on any atom is -0.478 e. The molecular weight excluding hydrogens is 444 g/mol.